The molecule has 36 heavy (non-hydrogen) atoms. The number of benzene rings is 2. The minimum Gasteiger partial charge on any atom is -0.497 e. The van der Waals surface area contributed by atoms with E-state index in [0.29, 0.717) is 17.4 Å². The van der Waals surface area contributed by atoms with Gasteiger partial charge in [0.05, 0.1) is 23.4 Å². The van der Waals surface area contributed by atoms with E-state index in [9.17, 15) is 8.42 Å². The number of methoxy groups -OCH3 is 1. The molecule has 0 spiro atoms. The summed E-state index contributed by atoms with van der Waals surface area (Å²) in [5.74, 6) is 1.38. The number of hydrogen-bond donors (Lipinski definition) is 2. The predicted molar refractivity (Wildman–Crippen MR) is 143 cm³/mol. The van der Waals surface area contributed by atoms with Crippen molar-refractivity contribution in [3.8, 4) is 28.3 Å². The largest absolute Gasteiger partial charge is 0.497 e. The second-order valence-electron chi connectivity index (χ2n) is 7.80. The Bertz CT molecular complexity index is 1610. The van der Waals surface area contributed by atoms with Crippen LogP contribution in [0.15, 0.2) is 83.3 Å². The number of fused-ring (bicyclic) bond motifs is 1. The van der Waals surface area contributed by atoms with E-state index in [4.69, 9.17) is 21.3 Å². The lowest BCUT2D eigenvalue weighted by atomic mass is 10.1. The van der Waals surface area contributed by atoms with Crippen molar-refractivity contribution >= 4 is 43.7 Å². The molecule has 0 fully saturated rings. The van der Waals surface area contributed by atoms with Gasteiger partial charge >= 0.3 is 0 Å². The summed E-state index contributed by atoms with van der Waals surface area (Å²) in [6.07, 6.45) is 3.71. The first-order valence-electron chi connectivity index (χ1n) is 11.0. The maximum absolute atomic E-state index is 12.5. The van der Waals surface area contributed by atoms with Crippen LogP contribution >= 0.6 is 22.9 Å². The minimum absolute atomic E-state index is 0.164. The number of aromatic nitrogens is 3. The predicted octanol–water partition coefficient (Wildman–Crippen LogP) is 5.18. The zero-order valence-corrected chi connectivity index (χ0v) is 21.6. The summed E-state index contributed by atoms with van der Waals surface area (Å²) in [6.45, 7) is 0.541. The Balaban J connectivity index is 1.35. The fourth-order valence-corrected chi connectivity index (χ4v) is 5.65. The number of rotatable bonds is 9. The molecule has 0 amide bonds. The van der Waals surface area contributed by atoms with Gasteiger partial charge in [0, 0.05) is 47.0 Å². The number of halogens is 1. The van der Waals surface area contributed by atoms with Crippen molar-refractivity contribution in [1.82, 2.24) is 19.1 Å². The van der Waals surface area contributed by atoms with Gasteiger partial charge in [0.1, 0.15) is 11.6 Å². The Morgan fingerprint density at radius 2 is 1.89 bits per heavy atom. The number of anilines is 1. The van der Waals surface area contributed by atoms with Gasteiger partial charge in [-0.1, -0.05) is 23.7 Å². The van der Waals surface area contributed by atoms with Gasteiger partial charge in [-0.25, -0.2) is 23.1 Å². The van der Waals surface area contributed by atoms with Crippen LogP contribution in [0.5, 0.6) is 5.75 Å². The standard InChI is InChI=1S/C25H22ClN5O3S2/c1-34-20-4-2-3-17(15-20)23-24(31-13-14-35-25(31)30-23)18-9-10-27-22(16-18)28-11-12-29-36(32,33)21-7-5-19(26)6-8-21/h2-10,13-16,29H,11-12H2,1H3,(H,27,28). The molecule has 5 rings (SSSR count). The van der Waals surface area contributed by atoms with Crippen LogP contribution < -0.4 is 14.8 Å². The number of nitrogens with one attached hydrogen (secondary N) is 2. The van der Waals surface area contributed by atoms with Crippen LogP contribution in [-0.4, -0.2) is 43.0 Å². The van der Waals surface area contributed by atoms with Crippen molar-refractivity contribution in [3.63, 3.8) is 0 Å². The van der Waals surface area contributed by atoms with Gasteiger partial charge in [-0.2, -0.15) is 0 Å². The van der Waals surface area contributed by atoms with Crippen LogP contribution in [0.3, 0.4) is 0 Å². The molecule has 0 saturated carbocycles. The highest BCUT2D eigenvalue weighted by Gasteiger charge is 2.18. The zero-order chi connectivity index (χ0) is 25.1. The van der Waals surface area contributed by atoms with Gasteiger partial charge in [0.25, 0.3) is 0 Å². The highest BCUT2D eigenvalue weighted by Crippen LogP contribution is 2.36. The summed E-state index contributed by atoms with van der Waals surface area (Å²) in [5, 5.41) is 5.67. The van der Waals surface area contributed by atoms with Gasteiger partial charge in [0.15, 0.2) is 4.96 Å². The van der Waals surface area contributed by atoms with Gasteiger partial charge < -0.3 is 10.1 Å². The Hall–Kier alpha value is -3.44. The first-order chi connectivity index (χ1) is 17.4. The van der Waals surface area contributed by atoms with Crippen LogP contribution in [0, 0.1) is 0 Å². The fourth-order valence-electron chi connectivity index (χ4n) is 3.78. The Morgan fingerprint density at radius 3 is 2.69 bits per heavy atom. The lowest BCUT2D eigenvalue weighted by Crippen LogP contribution is -2.29. The zero-order valence-electron chi connectivity index (χ0n) is 19.2. The number of pyridine rings is 1. The number of nitrogens with zero attached hydrogens (tertiary/aromatic N) is 3. The van der Waals surface area contributed by atoms with Gasteiger partial charge in [-0.05, 0) is 48.5 Å². The van der Waals surface area contributed by atoms with Crippen molar-refractivity contribution in [3.05, 3.63) is 83.5 Å². The molecule has 0 radical (unpaired) electrons. The van der Waals surface area contributed by atoms with Crippen molar-refractivity contribution in [1.29, 1.82) is 0 Å². The Labute approximate surface area is 217 Å². The van der Waals surface area contributed by atoms with Crippen LogP contribution in [0.25, 0.3) is 27.5 Å². The van der Waals surface area contributed by atoms with Crippen molar-refractivity contribution in [2.45, 2.75) is 4.90 Å². The molecule has 3 aromatic heterocycles. The summed E-state index contributed by atoms with van der Waals surface area (Å²) in [4.78, 5) is 10.3. The first kappa shape index (κ1) is 24.3. The molecule has 0 aliphatic heterocycles. The molecule has 2 aromatic carbocycles. The number of imidazole rings is 1. The van der Waals surface area contributed by atoms with Gasteiger partial charge in [-0.15, -0.1) is 11.3 Å². The van der Waals surface area contributed by atoms with Crippen molar-refractivity contribution in [2.24, 2.45) is 0 Å². The van der Waals surface area contributed by atoms with Crippen molar-refractivity contribution in [2.75, 3.05) is 25.5 Å². The second-order valence-corrected chi connectivity index (χ2v) is 10.9. The third-order valence-corrected chi connectivity index (χ3v) is 7.97. The van der Waals surface area contributed by atoms with E-state index < -0.39 is 10.0 Å². The Kier molecular flexibility index (Phi) is 6.92. The van der Waals surface area contributed by atoms with E-state index in [-0.39, 0.29) is 11.4 Å². The monoisotopic (exact) mass is 539 g/mol. The molecule has 5 aromatic rings. The number of thiazole rings is 1. The summed E-state index contributed by atoms with van der Waals surface area (Å²) in [5.41, 5.74) is 3.66. The number of hydrogen-bond acceptors (Lipinski definition) is 7. The van der Waals surface area contributed by atoms with Crippen LogP contribution in [0.2, 0.25) is 5.02 Å². The van der Waals surface area contributed by atoms with E-state index in [0.717, 1.165) is 33.2 Å². The summed E-state index contributed by atoms with van der Waals surface area (Å²) in [6, 6.07) is 17.7. The smallest absolute Gasteiger partial charge is 0.240 e. The second kappa shape index (κ2) is 10.3. The molecule has 11 heteroatoms. The lowest BCUT2D eigenvalue weighted by molar-refractivity contribution is 0.415. The summed E-state index contributed by atoms with van der Waals surface area (Å²) >= 11 is 7.41. The normalized spacial score (nSPS) is 11.6. The highest BCUT2D eigenvalue weighted by atomic mass is 35.5. The molecule has 3 heterocycles. The molecule has 8 nitrogen and oxygen atoms in total. The fraction of sp³-hybridized carbons (Fsp3) is 0.120. The van der Waals surface area contributed by atoms with Crippen LogP contribution in [0.4, 0.5) is 5.82 Å². The van der Waals surface area contributed by atoms with Crippen LogP contribution in [0.1, 0.15) is 0 Å². The summed E-state index contributed by atoms with van der Waals surface area (Å²) in [7, 11) is -1.98. The van der Waals surface area contributed by atoms with Crippen LogP contribution in [-0.2, 0) is 10.0 Å². The molecule has 2 N–H and O–H groups in total. The number of ether oxygens (including phenoxy) is 1. The van der Waals surface area contributed by atoms with E-state index >= 15 is 0 Å². The lowest BCUT2D eigenvalue weighted by Gasteiger charge is -2.10. The molecule has 0 bridgehead atoms. The number of sulfonamides is 1. The third-order valence-electron chi connectivity index (χ3n) is 5.49. The first-order valence-corrected chi connectivity index (χ1v) is 13.7. The quantitative estimate of drug-likeness (QED) is 0.251. The molecule has 184 valence electrons. The molecule has 0 saturated heterocycles. The van der Waals surface area contributed by atoms with Gasteiger partial charge in [-0.3, -0.25) is 4.40 Å². The van der Waals surface area contributed by atoms with E-state index in [1.54, 1.807) is 36.8 Å². The molecule has 0 atom stereocenters. The van der Waals surface area contributed by atoms with Crippen molar-refractivity contribution < 1.29 is 13.2 Å². The molecular formula is C25H22ClN5O3S2. The molecule has 0 aliphatic carbocycles. The highest BCUT2D eigenvalue weighted by molar-refractivity contribution is 7.89. The van der Waals surface area contributed by atoms with E-state index in [2.05, 4.69) is 19.4 Å². The maximum atomic E-state index is 12.5. The minimum atomic E-state index is -3.62. The summed E-state index contributed by atoms with van der Waals surface area (Å²) < 4.78 is 35.0. The molecule has 0 unspecified atom stereocenters. The average molecular weight is 540 g/mol. The SMILES string of the molecule is COc1cccc(-c2nc3sccn3c2-c2ccnc(NCCNS(=O)(=O)c3ccc(Cl)cc3)c2)c1. The maximum Gasteiger partial charge on any atom is 0.240 e. The molecule has 0 aliphatic rings. The van der Waals surface area contributed by atoms with E-state index in [1.165, 1.54) is 12.1 Å². The Morgan fingerprint density at radius 1 is 1.06 bits per heavy atom. The topological polar surface area (TPSA) is 97.6 Å². The van der Waals surface area contributed by atoms with E-state index in [1.807, 2.05) is 48.0 Å². The third kappa shape index (κ3) is 5.07. The molecular weight excluding hydrogens is 518 g/mol. The van der Waals surface area contributed by atoms with Gasteiger partial charge in [0.2, 0.25) is 10.0 Å². The average Bonchev–Trinajstić information content (AvgIpc) is 3.49.